The van der Waals surface area contributed by atoms with Crippen molar-refractivity contribution in [2.75, 3.05) is 0 Å². The molecule has 0 aliphatic heterocycles. The topological polar surface area (TPSA) is 88.8 Å². The molecule has 146 valence electrons. The number of aryl methyl sites for hydroxylation is 1. The lowest BCUT2D eigenvalue weighted by molar-refractivity contribution is -0.144. The van der Waals surface area contributed by atoms with Crippen molar-refractivity contribution >= 4 is 34.4 Å². The average molecular weight is 402 g/mol. The van der Waals surface area contributed by atoms with Crippen LogP contribution < -0.4 is 4.74 Å². The van der Waals surface area contributed by atoms with Gasteiger partial charge in [-0.25, -0.2) is 9.59 Å². The van der Waals surface area contributed by atoms with Crippen molar-refractivity contribution in [3.63, 3.8) is 0 Å². The maximum atomic E-state index is 11.3. The Balaban J connectivity index is 2.02. The zero-order chi connectivity index (χ0) is 20.6. The van der Waals surface area contributed by atoms with Crippen LogP contribution in [0.15, 0.2) is 36.4 Å². The van der Waals surface area contributed by atoms with E-state index < -0.39 is 18.0 Å². The molecule has 0 spiro atoms. The first-order chi connectivity index (χ1) is 13.2. The summed E-state index contributed by atoms with van der Waals surface area (Å²) in [5.41, 5.74) is 3.92. The zero-order valence-corrected chi connectivity index (χ0v) is 16.4. The number of aromatic nitrogens is 1. The van der Waals surface area contributed by atoms with E-state index in [1.165, 1.54) is 6.92 Å². The average Bonchev–Trinajstić information content (AvgIpc) is 2.88. The van der Waals surface area contributed by atoms with Crippen molar-refractivity contribution in [3.05, 3.63) is 63.8 Å². The highest BCUT2D eigenvalue weighted by atomic mass is 35.5. The van der Waals surface area contributed by atoms with Gasteiger partial charge in [0.1, 0.15) is 5.75 Å². The van der Waals surface area contributed by atoms with Crippen LogP contribution in [0, 0.1) is 13.8 Å². The van der Waals surface area contributed by atoms with Crippen LogP contribution in [-0.2, 0) is 11.3 Å². The van der Waals surface area contributed by atoms with Crippen LogP contribution in [0.3, 0.4) is 0 Å². The van der Waals surface area contributed by atoms with Gasteiger partial charge in [-0.3, -0.25) is 0 Å². The zero-order valence-electron chi connectivity index (χ0n) is 15.7. The fourth-order valence-electron chi connectivity index (χ4n) is 3.16. The first kappa shape index (κ1) is 19.8. The van der Waals surface area contributed by atoms with Crippen LogP contribution in [0.1, 0.15) is 34.1 Å². The summed E-state index contributed by atoms with van der Waals surface area (Å²) in [5, 5.41) is 19.7. The van der Waals surface area contributed by atoms with E-state index in [0.29, 0.717) is 17.3 Å². The molecule has 0 bridgehead atoms. The predicted octanol–water partition coefficient (Wildman–Crippen LogP) is 4.51. The first-order valence-electron chi connectivity index (χ1n) is 8.69. The molecule has 3 aromatic rings. The van der Waals surface area contributed by atoms with Gasteiger partial charge < -0.3 is 19.5 Å². The number of hydrogen-bond acceptors (Lipinski definition) is 3. The monoisotopic (exact) mass is 401 g/mol. The number of carboxylic acids is 2. The molecular formula is C21H20ClNO5. The minimum atomic E-state index is -1.05. The van der Waals surface area contributed by atoms with Crippen molar-refractivity contribution < 1.29 is 24.5 Å². The lowest BCUT2D eigenvalue weighted by Gasteiger charge is -2.14. The normalized spacial score (nSPS) is 12.1. The summed E-state index contributed by atoms with van der Waals surface area (Å²) >= 11 is 6.36. The Hall–Kier alpha value is -2.99. The molecule has 7 heteroatoms. The van der Waals surface area contributed by atoms with Gasteiger partial charge in [-0.05, 0) is 68.3 Å². The van der Waals surface area contributed by atoms with Crippen molar-refractivity contribution in [1.29, 1.82) is 0 Å². The summed E-state index contributed by atoms with van der Waals surface area (Å²) in [6, 6.07) is 10.1. The fourth-order valence-corrected chi connectivity index (χ4v) is 3.33. The van der Waals surface area contributed by atoms with Crippen molar-refractivity contribution in [2.45, 2.75) is 33.4 Å². The molecule has 1 heterocycles. The Morgan fingerprint density at radius 1 is 1.14 bits per heavy atom. The number of nitrogens with zero attached hydrogens (tertiary/aromatic N) is 1. The standard InChI is InChI=1S/C21H20ClNO5/c1-11-12(2)23(19-7-4-14(21(26)27)9-17(11)19)10-15-8-16(5-6-18(15)22)28-13(3)20(24)25/h4-9,13H,10H2,1-3H3,(H,24,25)(H,26,27)/t13-/m0/s1. The van der Waals surface area contributed by atoms with Gasteiger partial charge >= 0.3 is 11.9 Å². The highest BCUT2D eigenvalue weighted by Crippen LogP contribution is 2.30. The largest absolute Gasteiger partial charge is 0.479 e. The molecule has 0 unspecified atom stereocenters. The molecule has 3 rings (SSSR count). The summed E-state index contributed by atoms with van der Waals surface area (Å²) in [4.78, 5) is 22.3. The molecule has 0 saturated carbocycles. The maximum Gasteiger partial charge on any atom is 0.344 e. The molecule has 0 saturated heterocycles. The summed E-state index contributed by atoms with van der Waals surface area (Å²) in [5.74, 6) is -1.59. The number of hydrogen-bond donors (Lipinski definition) is 2. The predicted molar refractivity (Wildman–Crippen MR) is 107 cm³/mol. The molecule has 0 amide bonds. The van der Waals surface area contributed by atoms with E-state index in [-0.39, 0.29) is 5.56 Å². The second-order valence-corrected chi connectivity index (χ2v) is 7.09. The quantitative estimate of drug-likeness (QED) is 0.634. The number of carbonyl (C=O) groups is 2. The number of benzene rings is 2. The molecule has 1 aromatic heterocycles. The molecule has 2 aromatic carbocycles. The minimum absolute atomic E-state index is 0.240. The Morgan fingerprint density at radius 2 is 1.86 bits per heavy atom. The van der Waals surface area contributed by atoms with Crippen molar-refractivity contribution in [2.24, 2.45) is 0 Å². The van der Waals surface area contributed by atoms with E-state index in [2.05, 4.69) is 4.57 Å². The van der Waals surface area contributed by atoms with Gasteiger partial charge in [0.15, 0.2) is 6.10 Å². The number of rotatable bonds is 6. The summed E-state index contributed by atoms with van der Waals surface area (Å²) in [6.07, 6.45) is -0.972. The van der Waals surface area contributed by atoms with Gasteiger partial charge in [0.2, 0.25) is 0 Å². The van der Waals surface area contributed by atoms with E-state index in [4.69, 9.17) is 21.4 Å². The Bertz CT molecular complexity index is 1090. The summed E-state index contributed by atoms with van der Waals surface area (Å²) in [7, 11) is 0. The maximum absolute atomic E-state index is 11.3. The number of aromatic carboxylic acids is 1. The number of carboxylic acid groups (broad SMARTS) is 2. The van der Waals surface area contributed by atoms with Crippen LogP contribution in [0.4, 0.5) is 0 Å². The highest BCUT2D eigenvalue weighted by Gasteiger charge is 2.16. The smallest absolute Gasteiger partial charge is 0.344 e. The number of ether oxygens (including phenoxy) is 1. The van der Waals surface area contributed by atoms with E-state index in [0.717, 1.165) is 27.7 Å². The van der Waals surface area contributed by atoms with Gasteiger partial charge in [-0.15, -0.1) is 0 Å². The van der Waals surface area contributed by atoms with Crippen LogP contribution in [0.25, 0.3) is 10.9 Å². The molecular weight excluding hydrogens is 382 g/mol. The lowest BCUT2D eigenvalue weighted by Crippen LogP contribution is -2.22. The fraction of sp³-hybridized carbons (Fsp3) is 0.238. The third-order valence-electron chi connectivity index (χ3n) is 4.89. The Morgan fingerprint density at radius 3 is 2.50 bits per heavy atom. The number of halogens is 1. The molecule has 0 fully saturated rings. The molecule has 2 N–H and O–H groups in total. The SMILES string of the molecule is Cc1c(C)n(Cc2cc(O[C@@H](C)C(=O)O)ccc2Cl)c2ccc(C(=O)O)cc12. The second-order valence-electron chi connectivity index (χ2n) is 6.69. The Kier molecular flexibility index (Phi) is 5.34. The molecule has 6 nitrogen and oxygen atoms in total. The first-order valence-corrected chi connectivity index (χ1v) is 9.07. The number of fused-ring (bicyclic) bond motifs is 1. The molecule has 1 atom stereocenters. The number of aliphatic carboxylic acids is 1. The van der Waals surface area contributed by atoms with Gasteiger partial charge in [0.25, 0.3) is 0 Å². The molecule has 0 aliphatic carbocycles. The van der Waals surface area contributed by atoms with Crippen molar-refractivity contribution in [3.8, 4) is 5.75 Å². The van der Waals surface area contributed by atoms with Crippen LogP contribution in [-0.4, -0.2) is 32.8 Å². The summed E-state index contributed by atoms with van der Waals surface area (Å²) in [6.45, 7) is 5.83. The van der Waals surface area contributed by atoms with Crippen molar-refractivity contribution in [1.82, 2.24) is 4.57 Å². The summed E-state index contributed by atoms with van der Waals surface area (Å²) < 4.78 is 7.50. The molecule has 0 aliphatic rings. The third-order valence-corrected chi connectivity index (χ3v) is 5.26. The lowest BCUT2D eigenvalue weighted by atomic mass is 10.1. The van der Waals surface area contributed by atoms with Crippen LogP contribution in [0.2, 0.25) is 5.02 Å². The van der Waals surface area contributed by atoms with E-state index in [1.807, 2.05) is 13.8 Å². The van der Waals surface area contributed by atoms with E-state index in [9.17, 15) is 14.7 Å². The Labute approximate surface area is 166 Å². The van der Waals surface area contributed by atoms with Crippen LogP contribution >= 0.6 is 11.6 Å². The third kappa shape index (κ3) is 3.68. The van der Waals surface area contributed by atoms with E-state index >= 15 is 0 Å². The minimum Gasteiger partial charge on any atom is -0.479 e. The highest BCUT2D eigenvalue weighted by molar-refractivity contribution is 6.31. The molecule has 0 radical (unpaired) electrons. The van der Waals surface area contributed by atoms with Gasteiger partial charge in [0, 0.05) is 28.2 Å². The van der Waals surface area contributed by atoms with E-state index in [1.54, 1.807) is 36.4 Å². The van der Waals surface area contributed by atoms with Gasteiger partial charge in [0.05, 0.1) is 5.56 Å². The van der Waals surface area contributed by atoms with Gasteiger partial charge in [-0.1, -0.05) is 11.6 Å². The van der Waals surface area contributed by atoms with Gasteiger partial charge in [-0.2, -0.15) is 0 Å². The van der Waals surface area contributed by atoms with Crippen LogP contribution in [0.5, 0.6) is 5.75 Å². The molecule has 28 heavy (non-hydrogen) atoms. The second kappa shape index (κ2) is 7.56.